The van der Waals surface area contributed by atoms with E-state index in [0.29, 0.717) is 22.9 Å². The van der Waals surface area contributed by atoms with E-state index >= 15 is 0 Å². The summed E-state index contributed by atoms with van der Waals surface area (Å²) in [5, 5.41) is 6.66. The maximum atomic E-state index is 12.7. The van der Waals surface area contributed by atoms with Gasteiger partial charge in [0.05, 0.1) is 49.1 Å². The number of hydrogen-bond donors (Lipinski definition) is 1. The number of H-pyrrole nitrogens is 1. The van der Waals surface area contributed by atoms with Crippen LogP contribution >= 0.6 is 0 Å². The topological polar surface area (TPSA) is 93.2 Å². The maximum absolute atomic E-state index is 12.7. The van der Waals surface area contributed by atoms with Gasteiger partial charge in [0.15, 0.2) is 5.75 Å². The van der Waals surface area contributed by atoms with Crippen LogP contribution in [0, 0.1) is 0 Å². The summed E-state index contributed by atoms with van der Waals surface area (Å²) >= 11 is 0. The van der Waals surface area contributed by atoms with Crippen molar-refractivity contribution in [2.24, 2.45) is 0 Å². The predicted octanol–water partition coefficient (Wildman–Crippen LogP) is 2.61. The van der Waals surface area contributed by atoms with Gasteiger partial charge < -0.3 is 9.47 Å². The zero-order chi connectivity index (χ0) is 18.3. The van der Waals surface area contributed by atoms with Crippen LogP contribution in [0.1, 0.15) is 29.0 Å². The van der Waals surface area contributed by atoms with Crippen LogP contribution in [0.25, 0.3) is 11.3 Å². The van der Waals surface area contributed by atoms with Gasteiger partial charge in [0, 0.05) is 18.0 Å². The highest BCUT2D eigenvalue weighted by Gasteiger charge is 2.37. The molecule has 0 radical (unpaired) electrons. The number of fused-ring (bicyclic) bond motifs is 1. The average molecular weight is 351 g/mol. The van der Waals surface area contributed by atoms with E-state index < -0.39 is 0 Å². The highest BCUT2D eigenvalue weighted by Crippen LogP contribution is 2.37. The monoisotopic (exact) mass is 351 g/mol. The summed E-state index contributed by atoms with van der Waals surface area (Å²) in [7, 11) is 3.10. The Labute approximate surface area is 149 Å². The molecule has 26 heavy (non-hydrogen) atoms. The Kier molecular flexibility index (Phi) is 3.80. The lowest BCUT2D eigenvalue weighted by Gasteiger charge is -2.19. The normalized spacial score (nSPS) is 15.9. The number of amides is 1. The van der Waals surface area contributed by atoms with Crippen LogP contribution in [-0.2, 0) is 0 Å². The van der Waals surface area contributed by atoms with Crippen molar-refractivity contribution >= 4 is 11.6 Å². The van der Waals surface area contributed by atoms with Gasteiger partial charge in [-0.05, 0) is 25.1 Å². The van der Waals surface area contributed by atoms with Crippen molar-refractivity contribution in [3.8, 4) is 22.9 Å². The largest absolute Gasteiger partial charge is 0.491 e. The summed E-state index contributed by atoms with van der Waals surface area (Å²) in [5.74, 6) is 0.849. The second kappa shape index (κ2) is 6.14. The van der Waals surface area contributed by atoms with Gasteiger partial charge in [0.2, 0.25) is 0 Å². The third-order valence-corrected chi connectivity index (χ3v) is 4.45. The molecule has 0 saturated carbocycles. The highest BCUT2D eigenvalue weighted by molar-refractivity contribution is 6.10. The van der Waals surface area contributed by atoms with E-state index in [1.54, 1.807) is 36.7 Å². The quantitative estimate of drug-likeness (QED) is 0.777. The van der Waals surface area contributed by atoms with Crippen molar-refractivity contribution in [1.82, 2.24) is 20.2 Å². The van der Waals surface area contributed by atoms with Crippen LogP contribution in [-0.4, -0.2) is 40.3 Å². The molecule has 0 aliphatic carbocycles. The van der Waals surface area contributed by atoms with Gasteiger partial charge in [0.25, 0.3) is 11.8 Å². The van der Waals surface area contributed by atoms with Gasteiger partial charge in [-0.25, -0.2) is 9.97 Å². The summed E-state index contributed by atoms with van der Waals surface area (Å²) in [5.41, 5.74) is 3.53. The summed E-state index contributed by atoms with van der Waals surface area (Å²) < 4.78 is 10.5. The SMILES string of the molecule is COc1cc(-c2ccc3c(n2)[C@@H](C)N(c2cn[nH]c2)C3=O)cnc1OC. The summed E-state index contributed by atoms with van der Waals surface area (Å²) in [4.78, 5) is 23.4. The van der Waals surface area contributed by atoms with Crippen molar-refractivity contribution < 1.29 is 14.3 Å². The summed E-state index contributed by atoms with van der Waals surface area (Å²) in [6.07, 6.45) is 4.99. The molecule has 132 valence electrons. The van der Waals surface area contributed by atoms with Crippen molar-refractivity contribution in [3.63, 3.8) is 0 Å². The minimum absolute atomic E-state index is 0.0848. The fourth-order valence-electron chi connectivity index (χ4n) is 3.15. The first-order valence-electron chi connectivity index (χ1n) is 8.05. The predicted molar refractivity (Wildman–Crippen MR) is 94.4 cm³/mol. The zero-order valence-corrected chi connectivity index (χ0v) is 14.6. The Bertz CT molecular complexity index is 971. The average Bonchev–Trinajstić information content (AvgIpc) is 3.28. The van der Waals surface area contributed by atoms with E-state index in [4.69, 9.17) is 14.5 Å². The third kappa shape index (κ3) is 2.38. The smallest absolute Gasteiger partial charge is 0.260 e. The second-order valence-corrected chi connectivity index (χ2v) is 5.87. The summed E-state index contributed by atoms with van der Waals surface area (Å²) in [6.45, 7) is 1.94. The van der Waals surface area contributed by atoms with E-state index in [0.717, 1.165) is 16.9 Å². The number of hydrogen-bond acceptors (Lipinski definition) is 6. The van der Waals surface area contributed by atoms with Gasteiger partial charge in [-0.2, -0.15) is 5.10 Å². The van der Waals surface area contributed by atoms with Crippen molar-refractivity contribution in [2.75, 3.05) is 19.1 Å². The molecule has 4 heterocycles. The third-order valence-electron chi connectivity index (χ3n) is 4.45. The molecule has 0 bridgehead atoms. The second-order valence-electron chi connectivity index (χ2n) is 5.87. The van der Waals surface area contributed by atoms with Crippen molar-refractivity contribution in [3.05, 3.63) is 48.0 Å². The molecule has 0 aromatic carbocycles. The molecule has 0 spiro atoms. The number of aromatic amines is 1. The number of anilines is 1. The molecule has 0 unspecified atom stereocenters. The van der Waals surface area contributed by atoms with Crippen LogP contribution in [0.4, 0.5) is 5.69 Å². The molecule has 1 aliphatic rings. The Hall–Kier alpha value is -3.42. The first kappa shape index (κ1) is 16.1. The van der Waals surface area contributed by atoms with Crippen LogP contribution in [0.15, 0.2) is 36.8 Å². The number of rotatable bonds is 4. The Morgan fingerprint density at radius 1 is 1.19 bits per heavy atom. The molecule has 3 aromatic heterocycles. The Morgan fingerprint density at radius 3 is 2.73 bits per heavy atom. The van der Waals surface area contributed by atoms with Gasteiger partial charge in [-0.1, -0.05) is 0 Å². The molecule has 1 atom stereocenters. The minimum atomic E-state index is -0.192. The molecule has 0 fully saturated rings. The number of nitrogens with one attached hydrogen (secondary N) is 1. The number of carbonyl (C=O) groups is 1. The van der Waals surface area contributed by atoms with E-state index in [1.165, 1.54) is 7.11 Å². The summed E-state index contributed by atoms with van der Waals surface area (Å²) in [6, 6.07) is 5.23. The number of aromatic nitrogens is 4. The van der Waals surface area contributed by atoms with Gasteiger partial charge in [0.1, 0.15) is 0 Å². The minimum Gasteiger partial charge on any atom is -0.491 e. The lowest BCUT2D eigenvalue weighted by atomic mass is 10.1. The lowest BCUT2D eigenvalue weighted by molar-refractivity contribution is 0.0992. The highest BCUT2D eigenvalue weighted by atomic mass is 16.5. The Balaban J connectivity index is 1.75. The molecule has 1 aliphatic heterocycles. The molecule has 1 amide bonds. The zero-order valence-electron chi connectivity index (χ0n) is 14.6. The van der Waals surface area contributed by atoms with E-state index in [1.807, 2.05) is 19.1 Å². The van der Waals surface area contributed by atoms with Crippen molar-refractivity contribution in [2.45, 2.75) is 13.0 Å². The van der Waals surface area contributed by atoms with Gasteiger partial charge >= 0.3 is 0 Å². The first-order valence-corrected chi connectivity index (χ1v) is 8.05. The van der Waals surface area contributed by atoms with E-state index in [-0.39, 0.29) is 11.9 Å². The number of pyridine rings is 2. The number of carbonyl (C=O) groups excluding carboxylic acids is 1. The maximum Gasteiger partial charge on any atom is 0.260 e. The fraction of sp³-hybridized carbons (Fsp3) is 0.222. The molecule has 1 N–H and O–H groups in total. The first-order chi connectivity index (χ1) is 12.6. The standard InChI is InChI=1S/C18H17N5O3/c1-10-16-13(18(24)23(10)12-8-20-21-9-12)4-5-14(22-16)11-6-15(25-2)17(26-3)19-7-11/h4-10H,1-3H3,(H,20,21)/t10-/m1/s1. The molecule has 4 rings (SSSR count). The molecule has 3 aromatic rings. The van der Waals surface area contributed by atoms with Crippen molar-refractivity contribution in [1.29, 1.82) is 0 Å². The van der Waals surface area contributed by atoms with E-state index in [9.17, 15) is 4.79 Å². The molecule has 0 saturated heterocycles. The molecular formula is C18H17N5O3. The van der Waals surface area contributed by atoms with Gasteiger partial charge in [-0.15, -0.1) is 0 Å². The van der Waals surface area contributed by atoms with E-state index in [2.05, 4.69) is 15.2 Å². The van der Waals surface area contributed by atoms with Crippen LogP contribution in [0.3, 0.4) is 0 Å². The Morgan fingerprint density at radius 2 is 2.04 bits per heavy atom. The molecular weight excluding hydrogens is 334 g/mol. The molecule has 8 heteroatoms. The van der Waals surface area contributed by atoms with Crippen LogP contribution < -0.4 is 14.4 Å². The van der Waals surface area contributed by atoms with Crippen LogP contribution in [0.5, 0.6) is 11.6 Å². The lowest BCUT2D eigenvalue weighted by Crippen LogP contribution is -2.25. The number of ether oxygens (including phenoxy) is 2. The fourth-order valence-corrected chi connectivity index (χ4v) is 3.15. The number of nitrogens with zero attached hydrogens (tertiary/aromatic N) is 4. The van der Waals surface area contributed by atoms with Gasteiger partial charge in [-0.3, -0.25) is 14.8 Å². The molecule has 8 nitrogen and oxygen atoms in total. The van der Waals surface area contributed by atoms with Crippen LogP contribution in [0.2, 0.25) is 0 Å². The number of methoxy groups -OCH3 is 2.